The van der Waals surface area contributed by atoms with E-state index in [0.717, 1.165) is 23.5 Å². The highest BCUT2D eigenvalue weighted by Crippen LogP contribution is 2.37. The first-order valence-corrected chi connectivity index (χ1v) is 8.40. The summed E-state index contributed by atoms with van der Waals surface area (Å²) in [4.78, 5) is 3.19. The average Bonchev–Trinajstić information content (AvgIpc) is 2.53. The number of rotatable bonds is 4. The minimum atomic E-state index is -0.168. The molecule has 5 heteroatoms. The van der Waals surface area contributed by atoms with Gasteiger partial charge in [-0.1, -0.05) is 42.5 Å². The largest absolute Gasteiger partial charge is 0.383 e. The van der Waals surface area contributed by atoms with Crippen LogP contribution < -0.4 is 5.32 Å². The van der Waals surface area contributed by atoms with E-state index in [1.165, 1.54) is 11.3 Å². The Balaban J connectivity index is 1.99. The molecule has 3 rings (SSSR count). The first kappa shape index (κ1) is 16.4. The molecule has 0 radical (unpaired) electrons. The zero-order valence-corrected chi connectivity index (χ0v) is 14.8. The summed E-state index contributed by atoms with van der Waals surface area (Å²) in [5.41, 5.74) is 3.44. The molecule has 0 saturated heterocycles. The van der Waals surface area contributed by atoms with Crippen LogP contribution in [-0.2, 0) is 9.47 Å². The third-order valence-corrected chi connectivity index (χ3v) is 4.76. The number of hydrogen-bond acceptors (Lipinski definition) is 4. The van der Waals surface area contributed by atoms with Crippen molar-refractivity contribution in [3.63, 3.8) is 0 Å². The predicted molar refractivity (Wildman–Crippen MR) is 95.2 cm³/mol. The molecule has 2 heterocycles. The predicted octanol–water partition coefficient (Wildman–Crippen LogP) is 3.02. The van der Waals surface area contributed by atoms with Crippen LogP contribution in [0.4, 0.5) is 0 Å². The van der Waals surface area contributed by atoms with Gasteiger partial charge in [-0.25, -0.2) is 0 Å². The van der Waals surface area contributed by atoms with Gasteiger partial charge in [-0.3, -0.25) is 0 Å². The fraction of sp³-hybridized carbons (Fsp3) is 0.500. The van der Waals surface area contributed by atoms with Crippen LogP contribution >= 0.6 is 12.2 Å². The molecule has 23 heavy (non-hydrogen) atoms. The average molecular weight is 332 g/mol. The van der Waals surface area contributed by atoms with Crippen LogP contribution in [0.15, 0.2) is 41.6 Å². The SMILES string of the molecule is COCCN1C2=C(COC(C)(C)C2)C(=S)N[C@@H]1c1ccccc1. The Bertz CT molecular complexity index is 613. The quantitative estimate of drug-likeness (QED) is 0.857. The van der Waals surface area contributed by atoms with E-state index in [9.17, 15) is 0 Å². The van der Waals surface area contributed by atoms with Crippen LogP contribution in [0.3, 0.4) is 0 Å². The van der Waals surface area contributed by atoms with Gasteiger partial charge in [-0.15, -0.1) is 0 Å². The molecule has 0 bridgehead atoms. The molecule has 2 aliphatic heterocycles. The fourth-order valence-corrected chi connectivity index (χ4v) is 3.47. The van der Waals surface area contributed by atoms with Gasteiger partial charge in [0, 0.05) is 31.3 Å². The lowest BCUT2D eigenvalue weighted by Gasteiger charge is -2.46. The Hall–Kier alpha value is -1.43. The molecule has 1 N–H and O–H groups in total. The normalized spacial score (nSPS) is 23.5. The summed E-state index contributed by atoms with van der Waals surface area (Å²) in [5, 5.41) is 3.48. The van der Waals surface area contributed by atoms with E-state index in [-0.39, 0.29) is 11.8 Å². The minimum absolute atomic E-state index is 0.0477. The number of nitrogens with one attached hydrogen (secondary N) is 1. The molecule has 1 aromatic rings. The zero-order chi connectivity index (χ0) is 16.4. The molecule has 1 atom stereocenters. The zero-order valence-electron chi connectivity index (χ0n) is 14.0. The van der Waals surface area contributed by atoms with E-state index in [1.54, 1.807) is 7.11 Å². The molecule has 4 nitrogen and oxygen atoms in total. The lowest BCUT2D eigenvalue weighted by Crippen LogP contribution is -2.51. The smallest absolute Gasteiger partial charge is 0.126 e. The Labute approximate surface area is 143 Å². The van der Waals surface area contributed by atoms with Crippen LogP contribution in [0.2, 0.25) is 0 Å². The van der Waals surface area contributed by atoms with Gasteiger partial charge in [0.1, 0.15) is 11.2 Å². The molecule has 0 spiro atoms. The second kappa shape index (κ2) is 6.59. The molecule has 2 aliphatic rings. The standard InChI is InChI=1S/C18H24N2O2S/c1-18(2)11-15-14(12-22-18)17(23)19-16(20(15)9-10-21-3)13-7-5-4-6-8-13/h4-8,16H,9-12H2,1-3H3,(H,19,23)/t16-/m0/s1. The summed E-state index contributed by atoms with van der Waals surface area (Å²) in [5.74, 6) is 0. The number of thiocarbonyl (C=S) groups is 1. The van der Waals surface area contributed by atoms with Crippen molar-refractivity contribution in [1.82, 2.24) is 10.2 Å². The van der Waals surface area contributed by atoms with Crippen molar-refractivity contribution >= 4 is 17.2 Å². The van der Waals surface area contributed by atoms with Crippen molar-refractivity contribution in [2.45, 2.75) is 32.0 Å². The van der Waals surface area contributed by atoms with E-state index in [2.05, 4.69) is 48.3 Å². The van der Waals surface area contributed by atoms with Gasteiger partial charge >= 0.3 is 0 Å². The second-order valence-electron chi connectivity index (χ2n) is 6.62. The molecule has 124 valence electrons. The maximum Gasteiger partial charge on any atom is 0.126 e. The van der Waals surface area contributed by atoms with Crippen LogP contribution in [-0.4, -0.2) is 42.4 Å². The molecule has 0 fully saturated rings. The second-order valence-corrected chi connectivity index (χ2v) is 7.03. The van der Waals surface area contributed by atoms with Gasteiger partial charge in [0.2, 0.25) is 0 Å². The highest BCUT2D eigenvalue weighted by atomic mass is 32.1. The maximum atomic E-state index is 5.96. The minimum Gasteiger partial charge on any atom is -0.383 e. The van der Waals surface area contributed by atoms with E-state index in [0.29, 0.717) is 13.2 Å². The van der Waals surface area contributed by atoms with Gasteiger partial charge in [-0.2, -0.15) is 0 Å². The van der Waals surface area contributed by atoms with Gasteiger partial charge in [0.05, 0.1) is 18.8 Å². The summed E-state index contributed by atoms with van der Waals surface area (Å²) >= 11 is 5.61. The molecular weight excluding hydrogens is 308 g/mol. The third kappa shape index (κ3) is 3.42. The molecule has 1 aromatic carbocycles. The fourth-order valence-electron chi connectivity index (χ4n) is 3.18. The third-order valence-electron chi connectivity index (χ3n) is 4.40. The number of hydrogen-bond donors (Lipinski definition) is 1. The van der Waals surface area contributed by atoms with E-state index < -0.39 is 0 Å². The molecular formula is C18H24N2O2S. The Kier molecular flexibility index (Phi) is 4.71. The summed E-state index contributed by atoms with van der Waals surface area (Å²) in [6, 6.07) is 10.4. The Morgan fingerprint density at radius 3 is 2.78 bits per heavy atom. The van der Waals surface area contributed by atoms with Crippen molar-refractivity contribution in [3.05, 3.63) is 47.2 Å². The number of methoxy groups -OCH3 is 1. The van der Waals surface area contributed by atoms with E-state index >= 15 is 0 Å². The summed E-state index contributed by atoms with van der Waals surface area (Å²) in [7, 11) is 1.74. The highest BCUT2D eigenvalue weighted by molar-refractivity contribution is 7.80. The van der Waals surface area contributed by atoms with Crippen molar-refractivity contribution in [1.29, 1.82) is 0 Å². The van der Waals surface area contributed by atoms with Crippen molar-refractivity contribution in [3.8, 4) is 0 Å². The highest BCUT2D eigenvalue weighted by Gasteiger charge is 2.38. The summed E-state index contributed by atoms with van der Waals surface area (Å²) in [6.07, 6.45) is 0.906. The lowest BCUT2D eigenvalue weighted by molar-refractivity contribution is -0.0261. The van der Waals surface area contributed by atoms with Crippen molar-refractivity contribution < 1.29 is 9.47 Å². The van der Waals surface area contributed by atoms with Crippen LogP contribution in [0.25, 0.3) is 0 Å². The van der Waals surface area contributed by atoms with Crippen molar-refractivity contribution in [2.75, 3.05) is 26.9 Å². The molecule has 0 saturated carbocycles. The van der Waals surface area contributed by atoms with Crippen LogP contribution in [0.1, 0.15) is 32.0 Å². The monoisotopic (exact) mass is 332 g/mol. The van der Waals surface area contributed by atoms with Gasteiger partial charge in [-0.05, 0) is 19.4 Å². The van der Waals surface area contributed by atoms with E-state index in [4.69, 9.17) is 21.7 Å². The number of ether oxygens (including phenoxy) is 2. The van der Waals surface area contributed by atoms with Crippen LogP contribution in [0, 0.1) is 0 Å². The first-order valence-electron chi connectivity index (χ1n) is 7.99. The van der Waals surface area contributed by atoms with Gasteiger partial charge in [0.25, 0.3) is 0 Å². The van der Waals surface area contributed by atoms with Crippen molar-refractivity contribution in [2.24, 2.45) is 0 Å². The molecule has 0 amide bonds. The number of nitrogens with zero attached hydrogens (tertiary/aromatic N) is 1. The Morgan fingerprint density at radius 2 is 2.09 bits per heavy atom. The van der Waals surface area contributed by atoms with Gasteiger partial charge < -0.3 is 19.7 Å². The maximum absolute atomic E-state index is 5.96. The molecule has 0 unspecified atom stereocenters. The number of benzene rings is 1. The van der Waals surface area contributed by atoms with Crippen LogP contribution in [0.5, 0.6) is 0 Å². The van der Waals surface area contributed by atoms with E-state index in [1.807, 2.05) is 6.07 Å². The topological polar surface area (TPSA) is 33.7 Å². The van der Waals surface area contributed by atoms with Gasteiger partial charge in [0.15, 0.2) is 0 Å². The first-order chi connectivity index (χ1) is 11.0. The Morgan fingerprint density at radius 1 is 1.35 bits per heavy atom. The summed E-state index contributed by atoms with van der Waals surface area (Å²) in [6.45, 7) is 6.33. The molecule has 0 aromatic heterocycles. The molecule has 0 aliphatic carbocycles. The summed E-state index contributed by atoms with van der Waals surface area (Å²) < 4.78 is 11.3. The lowest BCUT2D eigenvalue weighted by atomic mass is 9.92.